The van der Waals surface area contributed by atoms with E-state index in [1.54, 1.807) is 12.1 Å². The minimum Gasteiger partial charge on any atom is -0.491 e. The molecule has 1 unspecified atom stereocenters. The molecule has 0 radical (unpaired) electrons. The van der Waals surface area contributed by atoms with Crippen molar-refractivity contribution in [2.75, 3.05) is 25.9 Å². The van der Waals surface area contributed by atoms with E-state index in [0.717, 1.165) is 12.2 Å². The number of benzene rings is 1. The summed E-state index contributed by atoms with van der Waals surface area (Å²) in [5, 5.41) is 0.644. The van der Waals surface area contributed by atoms with Crippen molar-refractivity contribution in [3.05, 3.63) is 23.2 Å². The first kappa shape index (κ1) is 12.5. The number of nitrogen functional groups attached to an aromatic ring is 1. The van der Waals surface area contributed by atoms with Gasteiger partial charge in [-0.05, 0) is 51.1 Å². The summed E-state index contributed by atoms with van der Waals surface area (Å²) >= 11 is 5.83. The number of halogens is 1. The summed E-state index contributed by atoms with van der Waals surface area (Å²) in [7, 11) is 2.17. The van der Waals surface area contributed by atoms with Crippen molar-refractivity contribution in [1.29, 1.82) is 0 Å². The molecule has 17 heavy (non-hydrogen) atoms. The number of likely N-dealkylation sites (tertiary alicyclic amines) is 1. The highest BCUT2D eigenvalue weighted by Gasteiger charge is 2.20. The zero-order valence-corrected chi connectivity index (χ0v) is 10.9. The molecule has 1 aliphatic heterocycles. The molecule has 0 spiro atoms. The number of nitrogens with two attached hydrogens (primary N) is 1. The molecule has 1 atom stereocenters. The lowest BCUT2D eigenvalue weighted by molar-refractivity contribution is 0.234. The Bertz CT molecular complexity index is 384. The summed E-state index contributed by atoms with van der Waals surface area (Å²) in [5.41, 5.74) is 6.43. The maximum absolute atomic E-state index is 5.83. The first-order chi connectivity index (χ1) is 8.16. The molecule has 1 heterocycles. The summed E-state index contributed by atoms with van der Waals surface area (Å²) in [6.45, 7) is 1.91. The monoisotopic (exact) mass is 254 g/mol. The molecule has 94 valence electrons. The molecule has 1 aromatic rings. The summed E-state index contributed by atoms with van der Waals surface area (Å²) in [6, 6.07) is 6.01. The van der Waals surface area contributed by atoms with Crippen molar-refractivity contribution >= 4 is 17.3 Å². The average Bonchev–Trinajstić information content (AvgIpc) is 2.68. The molecule has 4 heteroatoms. The Hall–Kier alpha value is -0.930. The lowest BCUT2D eigenvalue weighted by atomic mass is 10.1. The van der Waals surface area contributed by atoms with Crippen LogP contribution in [-0.2, 0) is 0 Å². The van der Waals surface area contributed by atoms with Crippen LogP contribution in [0.1, 0.15) is 19.3 Å². The normalized spacial score (nSPS) is 20.7. The zero-order chi connectivity index (χ0) is 12.3. The van der Waals surface area contributed by atoms with Crippen molar-refractivity contribution in [2.24, 2.45) is 0 Å². The predicted molar refractivity (Wildman–Crippen MR) is 71.6 cm³/mol. The smallest absolute Gasteiger partial charge is 0.142 e. The highest BCUT2D eigenvalue weighted by atomic mass is 35.5. The summed E-state index contributed by atoms with van der Waals surface area (Å²) in [4.78, 5) is 2.40. The van der Waals surface area contributed by atoms with Gasteiger partial charge in [-0.3, -0.25) is 0 Å². The quantitative estimate of drug-likeness (QED) is 0.840. The fraction of sp³-hybridized carbons (Fsp3) is 0.538. The van der Waals surface area contributed by atoms with Gasteiger partial charge in [0, 0.05) is 11.1 Å². The molecular formula is C13H19ClN2O. The molecule has 1 aliphatic rings. The number of rotatable bonds is 4. The second-order valence-corrected chi connectivity index (χ2v) is 5.03. The van der Waals surface area contributed by atoms with Crippen LogP contribution in [0, 0.1) is 0 Å². The lowest BCUT2D eigenvalue weighted by Gasteiger charge is -2.19. The molecule has 1 saturated heterocycles. The summed E-state index contributed by atoms with van der Waals surface area (Å²) < 4.78 is 5.69. The largest absolute Gasteiger partial charge is 0.491 e. The Morgan fingerprint density at radius 2 is 2.35 bits per heavy atom. The van der Waals surface area contributed by atoms with Crippen molar-refractivity contribution in [3.8, 4) is 5.75 Å². The third-order valence-corrected chi connectivity index (χ3v) is 3.59. The highest BCUT2D eigenvalue weighted by molar-refractivity contribution is 6.30. The van der Waals surface area contributed by atoms with E-state index in [1.807, 2.05) is 6.07 Å². The third kappa shape index (κ3) is 3.27. The molecule has 0 bridgehead atoms. The maximum Gasteiger partial charge on any atom is 0.142 e. The first-order valence-electron chi connectivity index (χ1n) is 6.05. The first-order valence-corrected chi connectivity index (χ1v) is 6.42. The van der Waals surface area contributed by atoms with Gasteiger partial charge in [0.05, 0.1) is 12.3 Å². The zero-order valence-electron chi connectivity index (χ0n) is 10.2. The molecular weight excluding hydrogens is 236 g/mol. The Labute approximate surface area is 107 Å². The lowest BCUT2D eigenvalue weighted by Crippen LogP contribution is -2.26. The van der Waals surface area contributed by atoms with E-state index in [-0.39, 0.29) is 0 Å². The summed E-state index contributed by atoms with van der Waals surface area (Å²) in [6.07, 6.45) is 3.62. The molecule has 0 aliphatic carbocycles. The van der Waals surface area contributed by atoms with Gasteiger partial charge in [-0.25, -0.2) is 0 Å². The van der Waals surface area contributed by atoms with Crippen molar-refractivity contribution < 1.29 is 4.74 Å². The highest BCUT2D eigenvalue weighted by Crippen LogP contribution is 2.25. The van der Waals surface area contributed by atoms with Crippen LogP contribution >= 0.6 is 11.6 Å². The van der Waals surface area contributed by atoms with E-state index in [1.165, 1.54) is 19.4 Å². The molecule has 0 aromatic heterocycles. The number of hydrogen-bond acceptors (Lipinski definition) is 3. The Morgan fingerprint density at radius 1 is 1.53 bits per heavy atom. The van der Waals surface area contributed by atoms with E-state index in [0.29, 0.717) is 23.4 Å². The topological polar surface area (TPSA) is 38.5 Å². The van der Waals surface area contributed by atoms with Gasteiger partial charge in [-0.15, -0.1) is 0 Å². The minimum atomic E-state index is 0.609. The van der Waals surface area contributed by atoms with Crippen LogP contribution in [0.25, 0.3) is 0 Å². The van der Waals surface area contributed by atoms with Crippen LogP contribution in [0.3, 0.4) is 0 Å². The van der Waals surface area contributed by atoms with Gasteiger partial charge in [0.2, 0.25) is 0 Å². The van der Waals surface area contributed by atoms with E-state index in [4.69, 9.17) is 22.1 Å². The standard InChI is InChI=1S/C13H19ClN2O/c1-16-7-2-3-11(16)6-8-17-13-5-4-10(14)9-12(13)15/h4-5,9,11H,2-3,6-8,15H2,1H3. The van der Waals surface area contributed by atoms with Crippen molar-refractivity contribution in [1.82, 2.24) is 4.90 Å². The molecule has 2 N–H and O–H groups in total. The molecule has 0 amide bonds. The minimum absolute atomic E-state index is 0.609. The van der Waals surface area contributed by atoms with Gasteiger partial charge in [0.15, 0.2) is 0 Å². The SMILES string of the molecule is CN1CCCC1CCOc1ccc(Cl)cc1N. The predicted octanol–water partition coefficient (Wildman–Crippen LogP) is 2.79. The molecule has 3 nitrogen and oxygen atoms in total. The van der Waals surface area contributed by atoms with Gasteiger partial charge >= 0.3 is 0 Å². The average molecular weight is 255 g/mol. The van der Waals surface area contributed by atoms with Gasteiger partial charge in [0.1, 0.15) is 5.75 Å². The van der Waals surface area contributed by atoms with Gasteiger partial charge in [-0.1, -0.05) is 11.6 Å². The van der Waals surface area contributed by atoms with E-state index in [2.05, 4.69) is 11.9 Å². The fourth-order valence-corrected chi connectivity index (χ4v) is 2.48. The number of hydrogen-bond donors (Lipinski definition) is 1. The van der Waals surface area contributed by atoms with Gasteiger partial charge < -0.3 is 15.4 Å². The van der Waals surface area contributed by atoms with Crippen LogP contribution in [0.15, 0.2) is 18.2 Å². The molecule has 1 fully saturated rings. The maximum atomic E-state index is 5.83. The molecule has 2 rings (SSSR count). The van der Waals surface area contributed by atoms with Crippen LogP contribution < -0.4 is 10.5 Å². The summed E-state index contributed by atoms with van der Waals surface area (Å²) in [5.74, 6) is 0.732. The van der Waals surface area contributed by atoms with E-state index in [9.17, 15) is 0 Å². The van der Waals surface area contributed by atoms with Crippen molar-refractivity contribution in [2.45, 2.75) is 25.3 Å². The van der Waals surface area contributed by atoms with Crippen LogP contribution in [0.2, 0.25) is 5.02 Å². The second kappa shape index (κ2) is 5.61. The van der Waals surface area contributed by atoms with E-state index >= 15 is 0 Å². The van der Waals surface area contributed by atoms with Gasteiger partial charge in [0.25, 0.3) is 0 Å². The Morgan fingerprint density at radius 3 is 3.00 bits per heavy atom. The Kier molecular flexibility index (Phi) is 4.13. The van der Waals surface area contributed by atoms with E-state index < -0.39 is 0 Å². The van der Waals surface area contributed by atoms with Crippen molar-refractivity contribution in [3.63, 3.8) is 0 Å². The van der Waals surface area contributed by atoms with Crippen LogP contribution in [0.4, 0.5) is 5.69 Å². The molecule has 0 saturated carbocycles. The Balaban J connectivity index is 1.81. The van der Waals surface area contributed by atoms with Gasteiger partial charge in [-0.2, -0.15) is 0 Å². The number of ether oxygens (including phenoxy) is 1. The van der Waals surface area contributed by atoms with Crippen LogP contribution in [0.5, 0.6) is 5.75 Å². The number of anilines is 1. The molecule has 1 aromatic carbocycles. The van der Waals surface area contributed by atoms with Crippen LogP contribution in [-0.4, -0.2) is 31.1 Å². The fourth-order valence-electron chi connectivity index (χ4n) is 2.30. The second-order valence-electron chi connectivity index (χ2n) is 4.60. The third-order valence-electron chi connectivity index (χ3n) is 3.35. The number of nitrogens with zero attached hydrogens (tertiary/aromatic N) is 1.